The summed E-state index contributed by atoms with van der Waals surface area (Å²) in [7, 11) is 1.64. The lowest BCUT2D eigenvalue weighted by atomic mass is 10.2. The van der Waals surface area contributed by atoms with E-state index in [1.54, 1.807) is 31.4 Å². The minimum Gasteiger partial charge on any atom is -0.336 e. The Balaban J connectivity index is 1.86. The maximum absolute atomic E-state index is 13.7. The van der Waals surface area contributed by atoms with Crippen LogP contribution >= 0.6 is 0 Å². The van der Waals surface area contributed by atoms with Gasteiger partial charge in [0.15, 0.2) is 0 Å². The second kappa shape index (κ2) is 5.60. The molecule has 0 radical (unpaired) electrons. The molecule has 0 N–H and O–H groups in total. The Hall–Kier alpha value is -2.69. The van der Waals surface area contributed by atoms with Gasteiger partial charge < -0.3 is 9.30 Å². The van der Waals surface area contributed by atoms with Crippen molar-refractivity contribution in [2.75, 3.05) is 7.05 Å². The van der Waals surface area contributed by atoms with Crippen LogP contribution in [0, 0.1) is 12.7 Å². The minimum atomic E-state index is -0.312. The van der Waals surface area contributed by atoms with Crippen molar-refractivity contribution in [1.29, 1.82) is 0 Å². The van der Waals surface area contributed by atoms with Crippen LogP contribution in [0.4, 0.5) is 4.39 Å². The molecule has 0 atom stereocenters. The van der Waals surface area contributed by atoms with Gasteiger partial charge in [-0.25, -0.2) is 9.37 Å². The summed E-state index contributed by atoms with van der Waals surface area (Å²) in [6, 6.07) is 12.1. The van der Waals surface area contributed by atoms with Gasteiger partial charge in [0.25, 0.3) is 5.91 Å². The lowest BCUT2D eigenvalue weighted by Gasteiger charge is -2.16. The Morgan fingerprint density at radius 2 is 2.00 bits per heavy atom. The van der Waals surface area contributed by atoms with Crippen LogP contribution in [-0.4, -0.2) is 27.2 Å². The number of aryl methyl sites for hydroxylation is 1. The van der Waals surface area contributed by atoms with Crippen LogP contribution in [0.25, 0.3) is 5.65 Å². The summed E-state index contributed by atoms with van der Waals surface area (Å²) >= 11 is 0. The van der Waals surface area contributed by atoms with Crippen LogP contribution in [0.3, 0.4) is 0 Å². The molecule has 4 nitrogen and oxygen atoms in total. The van der Waals surface area contributed by atoms with Gasteiger partial charge in [-0.05, 0) is 25.1 Å². The number of fused-ring (bicyclic) bond motifs is 1. The first kappa shape index (κ1) is 14.3. The molecular formula is C17H16FN3O. The van der Waals surface area contributed by atoms with Crippen LogP contribution in [0.5, 0.6) is 0 Å². The molecule has 3 aromatic rings. The molecule has 3 rings (SSSR count). The molecule has 2 heterocycles. The fourth-order valence-electron chi connectivity index (χ4n) is 2.40. The third kappa shape index (κ3) is 2.57. The standard InChI is InChI=1S/C17H16FN3O/c1-12-6-5-9-16-19-15(11-21(12)16)17(22)20(2)10-13-7-3-4-8-14(13)18/h3-9,11H,10H2,1-2H3. The number of imidazole rings is 1. The van der Waals surface area contributed by atoms with Crippen molar-refractivity contribution < 1.29 is 9.18 Å². The van der Waals surface area contributed by atoms with Gasteiger partial charge in [0, 0.05) is 31.0 Å². The number of carbonyl (C=O) groups excluding carboxylic acids is 1. The monoisotopic (exact) mass is 297 g/mol. The Morgan fingerprint density at radius 3 is 2.73 bits per heavy atom. The van der Waals surface area contributed by atoms with Crippen molar-refractivity contribution in [3.8, 4) is 0 Å². The first-order chi connectivity index (χ1) is 10.6. The number of carbonyl (C=O) groups is 1. The third-order valence-corrected chi connectivity index (χ3v) is 3.63. The molecule has 22 heavy (non-hydrogen) atoms. The molecule has 5 heteroatoms. The lowest BCUT2D eigenvalue weighted by Crippen LogP contribution is -2.26. The van der Waals surface area contributed by atoms with E-state index in [9.17, 15) is 9.18 Å². The summed E-state index contributed by atoms with van der Waals surface area (Å²) < 4.78 is 15.5. The highest BCUT2D eigenvalue weighted by Gasteiger charge is 2.17. The van der Waals surface area contributed by atoms with Crippen LogP contribution in [0.15, 0.2) is 48.7 Å². The van der Waals surface area contributed by atoms with Crippen LogP contribution < -0.4 is 0 Å². The quantitative estimate of drug-likeness (QED) is 0.745. The van der Waals surface area contributed by atoms with Gasteiger partial charge in [-0.1, -0.05) is 24.3 Å². The molecule has 0 aliphatic carbocycles. The maximum atomic E-state index is 13.7. The number of amides is 1. The van der Waals surface area contributed by atoms with E-state index in [1.165, 1.54) is 11.0 Å². The molecule has 0 fully saturated rings. The van der Waals surface area contributed by atoms with Gasteiger partial charge in [-0.2, -0.15) is 0 Å². The molecule has 1 amide bonds. The summed E-state index contributed by atoms with van der Waals surface area (Å²) in [6.45, 7) is 2.16. The largest absolute Gasteiger partial charge is 0.336 e. The number of rotatable bonds is 3. The van der Waals surface area contributed by atoms with Gasteiger partial charge in [-0.15, -0.1) is 0 Å². The fourth-order valence-corrected chi connectivity index (χ4v) is 2.40. The first-order valence-electron chi connectivity index (χ1n) is 7.00. The van der Waals surface area contributed by atoms with Gasteiger partial charge in [-0.3, -0.25) is 4.79 Å². The molecule has 0 spiro atoms. The normalized spacial score (nSPS) is 10.9. The number of halogens is 1. The van der Waals surface area contributed by atoms with Gasteiger partial charge in [0.1, 0.15) is 17.2 Å². The fraction of sp³-hybridized carbons (Fsp3) is 0.176. The highest BCUT2D eigenvalue weighted by Crippen LogP contribution is 2.13. The van der Waals surface area contributed by atoms with E-state index in [2.05, 4.69) is 4.98 Å². The average Bonchev–Trinajstić information content (AvgIpc) is 2.94. The molecule has 0 unspecified atom stereocenters. The Bertz CT molecular complexity index is 841. The van der Waals surface area contributed by atoms with E-state index in [-0.39, 0.29) is 18.3 Å². The van der Waals surface area contributed by atoms with Crippen LogP contribution in [0.1, 0.15) is 21.7 Å². The Morgan fingerprint density at radius 1 is 1.23 bits per heavy atom. The van der Waals surface area contributed by atoms with Crippen molar-refractivity contribution in [2.45, 2.75) is 13.5 Å². The topological polar surface area (TPSA) is 37.6 Å². The number of hydrogen-bond acceptors (Lipinski definition) is 2. The van der Waals surface area contributed by atoms with Crippen LogP contribution in [-0.2, 0) is 6.54 Å². The second-order valence-corrected chi connectivity index (χ2v) is 5.27. The number of aromatic nitrogens is 2. The molecule has 112 valence electrons. The zero-order chi connectivity index (χ0) is 15.7. The van der Waals surface area contributed by atoms with Crippen molar-refractivity contribution in [3.05, 3.63) is 71.4 Å². The first-order valence-corrected chi connectivity index (χ1v) is 7.00. The highest BCUT2D eigenvalue weighted by atomic mass is 19.1. The van der Waals surface area contributed by atoms with E-state index < -0.39 is 0 Å². The predicted molar refractivity (Wildman–Crippen MR) is 82.1 cm³/mol. The molecule has 0 saturated carbocycles. The Labute approximate surface area is 127 Å². The summed E-state index contributed by atoms with van der Waals surface area (Å²) in [4.78, 5) is 18.3. The number of benzene rings is 1. The van der Waals surface area contributed by atoms with Crippen LogP contribution in [0.2, 0.25) is 0 Å². The summed E-state index contributed by atoms with van der Waals surface area (Å²) in [5.41, 5.74) is 2.56. The Kier molecular flexibility index (Phi) is 3.63. The third-order valence-electron chi connectivity index (χ3n) is 3.63. The number of hydrogen-bond donors (Lipinski definition) is 0. The maximum Gasteiger partial charge on any atom is 0.274 e. The van der Waals surface area contributed by atoms with E-state index in [0.717, 1.165) is 11.3 Å². The number of pyridine rings is 1. The van der Waals surface area contributed by atoms with Crippen molar-refractivity contribution >= 4 is 11.6 Å². The average molecular weight is 297 g/mol. The molecular weight excluding hydrogens is 281 g/mol. The highest BCUT2D eigenvalue weighted by molar-refractivity contribution is 5.92. The van der Waals surface area contributed by atoms with E-state index >= 15 is 0 Å². The van der Waals surface area contributed by atoms with E-state index in [4.69, 9.17) is 0 Å². The summed E-state index contributed by atoms with van der Waals surface area (Å²) in [6.07, 6.45) is 1.71. The number of nitrogens with zero attached hydrogens (tertiary/aromatic N) is 3. The SMILES string of the molecule is Cc1cccc2nc(C(=O)N(C)Cc3ccccc3F)cn12. The molecule has 0 aliphatic rings. The molecule has 0 saturated heterocycles. The molecule has 2 aromatic heterocycles. The zero-order valence-corrected chi connectivity index (χ0v) is 12.5. The van der Waals surface area contributed by atoms with Gasteiger partial charge in [0.2, 0.25) is 0 Å². The molecule has 0 bridgehead atoms. The van der Waals surface area contributed by atoms with Crippen molar-refractivity contribution in [2.24, 2.45) is 0 Å². The second-order valence-electron chi connectivity index (χ2n) is 5.27. The van der Waals surface area contributed by atoms with E-state index in [1.807, 2.05) is 29.5 Å². The molecule has 1 aromatic carbocycles. The van der Waals surface area contributed by atoms with Crippen molar-refractivity contribution in [1.82, 2.24) is 14.3 Å². The minimum absolute atomic E-state index is 0.207. The van der Waals surface area contributed by atoms with E-state index in [0.29, 0.717) is 11.3 Å². The molecule has 0 aliphatic heterocycles. The smallest absolute Gasteiger partial charge is 0.274 e. The lowest BCUT2D eigenvalue weighted by molar-refractivity contribution is 0.0778. The van der Waals surface area contributed by atoms with Crippen molar-refractivity contribution in [3.63, 3.8) is 0 Å². The summed E-state index contributed by atoms with van der Waals surface area (Å²) in [5.74, 6) is -0.542. The summed E-state index contributed by atoms with van der Waals surface area (Å²) in [5, 5.41) is 0. The zero-order valence-electron chi connectivity index (χ0n) is 12.5. The predicted octanol–water partition coefficient (Wildman–Crippen LogP) is 3.05. The van der Waals surface area contributed by atoms with Gasteiger partial charge >= 0.3 is 0 Å². The van der Waals surface area contributed by atoms with Gasteiger partial charge in [0.05, 0.1) is 0 Å².